The van der Waals surface area contributed by atoms with Crippen molar-refractivity contribution in [3.63, 3.8) is 0 Å². The van der Waals surface area contributed by atoms with Gasteiger partial charge in [-0.2, -0.15) is 0 Å². The van der Waals surface area contributed by atoms with Crippen LogP contribution in [0, 0.1) is 0 Å². The molecule has 1 atom stereocenters. The molecule has 0 bridgehead atoms. The molecule has 0 aromatic heterocycles. The molecule has 0 aliphatic heterocycles. The number of hydrogen-bond donors (Lipinski definition) is 1. The lowest BCUT2D eigenvalue weighted by Gasteiger charge is -2.17. The molecule has 3 nitrogen and oxygen atoms in total. The Balaban J connectivity index is 2.17. The Labute approximate surface area is 96.8 Å². The molecule has 88 valence electrons. The molecule has 0 heterocycles. The molecule has 3 heteroatoms. The Kier molecular flexibility index (Phi) is 3.34. The van der Waals surface area contributed by atoms with Gasteiger partial charge in [0.15, 0.2) is 0 Å². The first kappa shape index (κ1) is 11.3. The number of methoxy groups -OCH3 is 2. The molecule has 0 radical (unpaired) electrons. The maximum Gasteiger partial charge on any atom is 0.127 e. The van der Waals surface area contributed by atoms with Gasteiger partial charge < -0.3 is 14.8 Å². The van der Waals surface area contributed by atoms with Crippen LogP contribution < -0.4 is 14.8 Å². The maximum absolute atomic E-state index is 5.39. The smallest absolute Gasteiger partial charge is 0.127 e. The molecule has 1 aliphatic rings. The Morgan fingerprint density at radius 3 is 2.56 bits per heavy atom. The largest absolute Gasteiger partial charge is 0.497 e. The topological polar surface area (TPSA) is 30.5 Å². The standard InChI is InChI=1S/C13H19NO2/c1-9(14-10-4-5-10)12-7-6-11(15-2)8-13(12)16-3/h6-10,14H,4-5H2,1-3H3. The first-order valence-electron chi connectivity index (χ1n) is 5.72. The number of benzene rings is 1. The second-order valence-corrected chi connectivity index (χ2v) is 4.27. The van der Waals surface area contributed by atoms with E-state index in [1.807, 2.05) is 12.1 Å². The van der Waals surface area contributed by atoms with Gasteiger partial charge in [0.05, 0.1) is 14.2 Å². The van der Waals surface area contributed by atoms with Crippen molar-refractivity contribution < 1.29 is 9.47 Å². The minimum absolute atomic E-state index is 0.327. The van der Waals surface area contributed by atoms with Crippen molar-refractivity contribution in [3.05, 3.63) is 23.8 Å². The summed E-state index contributed by atoms with van der Waals surface area (Å²) in [4.78, 5) is 0. The SMILES string of the molecule is COc1ccc(C(C)NC2CC2)c(OC)c1. The average molecular weight is 221 g/mol. The molecule has 1 fully saturated rings. The molecule has 0 spiro atoms. The molecule has 16 heavy (non-hydrogen) atoms. The predicted molar refractivity (Wildman–Crippen MR) is 64.1 cm³/mol. The van der Waals surface area contributed by atoms with Crippen LogP contribution in [0.1, 0.15) is 31.4 Å². The van der Waals surface area contributed by atoms with Crippen molar-refractivity contribution >= 4 is 0 Å². The number of nitrogens with one attached hydrogen (secondary N) is 1. The van der Waals surface area contributed by atoms with Gasteiger partial charge in [-0.15, -0.1) is 0 Å². The minimum Gasteiger partial charge on any atom is -0.497 e. The summed E-state index contributed by atoms with van der Waals surface area (Å²) in [5.41, 5.74) is 1.19. The van der Waals surface area contributed by atoms with E-state index in [0.29, 0.717) is 12.1 Å². The Morgan fingerprint density at radius 2 is 2.00 bits per heavy atom. The fourth-order valence-electron chi connectivity index (χ4n) is 1.87. The number of hydrogen-bond acceptors (Lipinski definition) is 3. The van der Waals surface area contributed by atoms with Gasteiger partial charge in [-0.25, -0.2) is 0 Å². The third-order valence-electron chi connectivity index (χ3n) is 2.97. The Hall–Kier alpha value is -1.22. The van der Waals surface area contributed by atoms with Crippen LogP contribution in [-0.4, -0.2) is 20.3 Å². The van der Waals surface area contributed by atoms with E-state index in [0.717, 1.165) is 11.5 Å². The molecule has 1 aromatic rings. The lowest BCUT2D eigenvalue weighted by molar-refractivity contribution is 0.385. The van der Waals surface area contributed by atoms with E-state index in [-0.39, 0.29) is 0 Å². The van der Waals surface area contributed by atoms with Gasteiger partial charge in [-0.05, 0) is 25.8 Å². The van der Waals surface area contributed by atoms with E-state index in [9.17, 15) is 0 Å². The second kappa shape index (κ2) is 4.74. The molecule has 1 N–H and O–H groups in total. The first-order chi connectivity index (χ1) is 7.74. The molecule has 0 saturated heterocycles. The monoisotopic (exact) mass is 221 g/mol. The molecule has 1 aliphatic carbocycles. The highest BCUT2D eigenvalue weighted by molar-refractivity contribution is 5.42. The van der Waals surface area contributed by atoms with Crippen LogP contribution >= 0.6 is 0 Å². The van der Waals surface area contributed by atoms with Gasteiger partial charge in [-0.3, -0.25) is 0 Å². The molecule has 0 amide bonds. The van der Waals surface area contributed by atoms with Crippen molar-refractivity contribution in [2.45, 2.75) is 31.8 Å². The maximum atomic E-state index is 5.39. The predicted octanol–water partition coefficient (Wildman–Crippen LogP) is 2.52. The fourth-order valence-corrected chi connectivity index (χ4v) is 1.87. The summed E-state index contributed by atoms with van der Waals surface area (Å²) < 4.78 is 10.6. The van der Waals surface area contributed by atoms with Crippen molar-refractivity contribution in [3.8, 4) is 11.5 Å². The van der Waals surface area contributed by atoms with Crippen molar-refractivity contribution in [2.24, 2.45) is 0 Å². The molecular weight excluding hydrogens is 202 g/mol. The highest BCUT2D eigenvalue weighted by atomic mass is 16.5. The van der Waals surface area contributed by atoms with Crippen LogP contribution in [0.5, 0.6) is 11.5 Å². The lowest BCUT2D eigenvalue weighted by atomic mass is 10.1. The molecule has 2 rings (SSSR count). The van der Waals surface area contributed by atoms with Gasteiger partial charge in [0, 0.05) is 23.7 Å². The van der Waals surface area contributed by atoms with E-state index >= 15 is 0 Å². The van der Waals surface area contributed by atoms with E-state index in [1.165, 1.54) is 18.4 Å². The van der Waals surface area contributed by atoms with Gasteiger partial charge in [0.2, 0.25) is 0 Å². The van der Waals surface area contributed by atoms with Gasteiger partial charge >= 0.3 is 0 Å². The third-order valence-corrected chi connectivity index (χ3v) is 2.97. The fraction of sp³-hybridized carbons (Fsp3) is 0.538. The van der Waals surface area contributed by atoms with Crippen LogP contribution in [0.4, 0.5) is 0 Å². The van der Waals surface area contributed by atoms with Gasteiger partial charge in [0.1, 0.15) is 11.5 Å². The minimum atomic E-state index is 0.327. The van der Waals surface area contributed by atoms with Crippen LogP contribution in [-0.2, 0) is 0 Å². The van der Waals surface area contributed by atoms with Crippen molar-refractivity contribution in [1.82, 2.24) is 5.32 Å². The van der Waals surface area contributed by atoms with Crippen molar-refractivity contribution in [2.75, 3.05) is 14.2 Å². The number of ether oxygens (including phenoxy) is 2. The van der Waals surface area contributed by atoms with E-state index < -0.39 is 0 Å². The van der Waals surface area contributed by atoms with E-state index in [4.69, 9.17) is 9.47 Å². The zero-order valence-corrected chi connectivity index (χ0v) is 10.1. The Morgan fingerprint density at radius 1 is 1.25 bits per heavy atom. The normalized spacial score (nSPS) is 16.9. The summed E-state index contributed by atoms with van der Waals surface area (Å²) >= 11 is 0. The van der Waals surface area contributed by atoms with Crippen LogP contribution in [0.25, 0.3) is 0 Å². The Bertz CT molecular complexity index is 361. The molecule has 1 saturated carbocycles. The van der Waals surface area contributed by atoms with Crippen LogP contribution in [0.15, 0.2) is 18.2 Å². The first-order valence-corrected chi connectivity index (χ1v) is 5.72. The van der Waals surface area contributed by atoms with Gasteiger partial charge in [-0.1, -0.05) is 6.07 Å². The summed E-state index contributed by atoms with van der Waals surface area (Å²) in [6.07, 6.45) is 2.59. The quantitative estimate of drug-likeness (QED) is 0.828. The molecule has 1 unspecified atom stereocenters. The van der Waals surface area contributed by atoms with Crippen molar-refractivity contribution in [1.29, 1.82) is 0 Å². The van der Waals surface area contributed by atoms with E-state index in [2.05, 4.69) is 18.3 Å². The highest BCUT2D eigenvalue weighted by Crippen LogP contribution is 2.31. The third kappa shape index (κ3) is 2.47. The van der Waals surface area contributed by atoms with Crippen LogP contribution in [0.3, 0.4) is 0 Å². The summed E-state index contributed by atoms with van der Waals surface area (Å²) in [6, 6.07) is 7.00. The average Bonchev–Trinajstić information content (AvgIpc) is 3.11. The summed E-state index contributed by atoms with van der Waals surface area (Å²) in [5.74, 6) is 1.72. The summed E-state index contributed by atoms with van der Waals surface area (Å²) in [6.45, 7) is 2.17. The lowest BCUT2D eigenvalue weighted by Crippen LogP contribution is -2.21. The van der Waals surface area contributed by atoms with Gasteiger partial charge in [0.25, 0.3) is 0 Å². The highest BCUT2D eigenvalue weighted by Gasteiger charge is 2.24. The zero-order chi connectivity index (χ0) is 11.5. The number of rotatable bonds is 5. The summed E-state index contributed by atoms with van der Waals surface area (Å²) in [7, 11) is 3.36. The summed E-state index contributed by atoms with van der Waals surface area (Å²) in [5, 5.41) is 3.56. The molecular formula is C13H19NO2. The molecule has 1 aromatic carbocycles. The second-order valence-electron chi connectivity index (χ2n) is 4.27. The van der Waals surface area contributed by atoms with Crippen LogP contribution in [0.2, 0.25) is 0 Å². The van der Waals surface area contributed by atoms with E-state index in [1.54, 1.807) is 14.2 Å². The zero-order valence-electron chi connectivity index (χ0n) is 10.1.